The fourth-order valence-electron chi connectivity index (χ4n) is 3.86. The van der Waals surface area contributed by atoms with Gasteiger partial charge in [0.25, 0.3) is 0 Å². The Labute approximate surface area is 197 Å². The van der Waals surface area contributed by atoms with E-state index < -0.39 is 17.5 Å². The fraction of sp³-hybridized carbons (Fsp3) is 0.0385. The minimum atomic E-state index is -0.732. The third-order valence-electron chi connectivity index (χ3n) is 5.48. The second-order valence-electron chi connectivity index (χ2n) is 7.99. The molecule has 0 spiro atoms. The van der Waals surface area contributed by atoms with E-state index in [1.165, 1.54) is 31.2 Å². The molecule has 0 saturated heterocycles. The summed E-state index contributed by atoms with van der Waals surface area (Å²) in [5, 5.41) is 2.70. The van der Waals surface area contributed by atoms with Gasteiger partial charge in [-0.15, -0.1) is 0 Å². The van der Waals surface area contributed by atoms with Crippen LogP contribution in [0.5, 0.6) is 0 Å². The van der Waals surface area contributed by atoms with E-state index in [0.29, 0.717) is 39.2 Å². The van der Waals surface area contributed by atoms with Gasteiger partial charge in [-0.1, -0.05) is 6.07 Å². The topological polar surface area (TPSA) is 85.8 Å². The highest BCUT2D eigenvalue weighted by Crippen LogP contribution is 2.31. The lowest BCUT2D eigenvalue weighted by atomic mass is 10.0. The predicted octanol–water partition coefficient (Wildman–Crippen LogP) is 5.71. The maximum absolute atomic E-state index is 14.5. The molecule has 6 nitrogen and oxygen atoms in total. The Kier molecular flexibility index (Phi) is 5.44. The van der Waals surface area contributed by atoms with E-state index in [4.69, 9.17) is 5.73 Å². The molecule has 3 N–H and O–H groups in total. The summed E-state index contributed by atoms with van der Waals surface area (Å²) in [5.41, 5.74) is 9.48. The zero-order valence-electron chi connectivity index (χ0n) is 18.4. The first-order valence-corrected chi connectivity index (χ1v) is 10.6. The first kappa shape index (κ1) is 22.1. The largest absolute Gasteiger partial charge is 0.396 e. The lowest BCUT2D eigenvalue weighted by Gasteiger charge is -2.12. The zero-order chi connectivity index (χ0) is 24.7. The molecule has 1 amide bonds. The number of halogens is 3. The van der Waals surface area contributed by atoms with Crippen molar-refractivity contribution in [3.05, 3.63) is 90.6 Å². The molecule has 0 unspecified atom stereocenters. The third-order valence-corrected chi connectivity index (χ3v) is 5.48. The Morgan fingerprint density at radius 2 is 1.71 bits per heavy atom. The van der Waals surface area contributed by atoms with Crippen molar-refractivity contribution in [2.24, 2.45) is 0 Å². The van der Waals surface area contributed by atoms with Crippen molar-refractivity contribution in [1.82, 2.24) is 14.5 Å². The van der Waals surface area contributed by atoms with Crippen LogP contribution in [0.3, 0.4) is 0 Å². The Morgan fingerprint density at radius 1 is 0.886 bits per heavy atom. The van der Waals surface area contributed by atoms with Gasteiger partial charge in [-0.25, -0.2) is 23.1 Å². The molecule has 0 radical (unpaired) electrons. The minimum absolute atomic E-state index is 0.0551. The Balaban J connectivity index is 1.62. The molecule has 5 rings (SSSR count). The number of carbonyl (C=O) groups excluding carboxylic acids is 1. The summed E-state index contributed by atoms with van der Waals surface area (Å²) >= 11 is 0. The summed E-state index contributed by atoms with van der Waals surface area (Å²) in [6, 6.07) is 14.6. The van der Waals surface area contributed by atoms with Gasteiger partial charge in [-0.2, -0.15) is 0 Å². The Bertz CT molecular complexity index is 1610. The zero-order valence-corrected chi connectivity index (χ0v) is 18.4. The van der Waals surface area contributed by atoms with Crippen LogP contribution in [0.2, 0.25) is 0 Å². The van der Waals surface area contributed by atoms with Gasteiger partial charge in [0, 0.05) is 36.0 Å². The van der Waals surface area contributed by atoms with E-state index in [2.05, 4.69) is 15.3 Å². The van der Waals surface area contributed by atoms with Crippen LogP contribution in [0.25, 0.3) is 39.1 Å². The second-order valence-corrected chi connectivity index (χ2v) is 7.99. The first-order chi connectivity index (χ1) is 16.8. The van der Waals surface area contributed by atoms with Gasteiger partial charge < -0.3 is 11.1 Å². The van der Waals surface area contributed by atoms with Gasteiger partial charge in [0.05, 0.1) is 11.4 Å². The van der Waals surface area contributed by atoms with Gasteiger partial charge in [0.1, 0.15) is 29.3 Å². The average molecular weight is 473 g/mol. The summed E-state index contributed by atoms with van der Waals surface area (Å²) in [5.74, 6) is -2.25. The maximum Gasteiger partial charge on any atom is 0.221 e. The van der Waals surface area contributed by atoms with E-state index in [1.807, 2.05) is 0 Å². The number of nitrogens with one attached hydrogen (secondary N) is 1. The average Bonchev–Trinajstić information content (AvgIpc) is 3.23. The van der Waals surface area contributed by atoms with Crippen molar-refractivity contribution in [3.63, 3.8) is 0 Å². The highest BCUT2D eigenvalue weighted by Gasteiger charge is 2.14. The minimum Gasteiger partial charge on any atom is -0.396 e. The van der Waals surface area contributed by atoms with Crippen molar-refractivity contribution >= 4 is 28.4 Å². The van der Waals surface area contributed by atoms with Crippen molar-refractivity contribution in [2.45, 2.75) is 6.92 Å². The number of aromatic nitrogens is 3. The molecule has 2 heterocycles. The number of nitrogens with zero attached hydrogens (tertiary/aromatic N) is 3. The van der Waals surface area contributed by atoms with E-state index >= 15 is 0 Å². The number of imidazole rings is 1. The molecule has 9 heteroatoms. The van der Waals surface area contributed by atoms with Crippen LogP contribution >= 0.6 is 0 Å². The molecular weight excluding hydrogens is 455 g/mol. The monoisotopic (exact) mass is 473 g/mol. The lowest BCUT2D eigenvalue weighted by Crippen LogP contribution is -2.07. The quantitative estimate of drug-likeness (QED) is 0.327. The fourth-order valence-corrected chi connectivity index (χ4v) is 3.86. The van der Waals surface area contributed by atoms with Crippen LogP contribution in [0.1, 0.15) is 6.92 Å². The molecular formula is C26H18F3N5O. The van der Waals surface area contributed by atoms with Gasteiger partial charge in [0.2, 0.25) is 5.91 Å². The number of hydrogen-bond acceptors (Lipinski definition) is 4. The molecule has 0 aliphatic heterocycles. The van der Waals surface area contributed by atoms with Crippen LogP contribution in [-0.2, 0) is 4.79 Å². The van der Waals surface area contributed by atoms with E-state index in [0.717, 1.165) is 6.07 Å². The van der Waals surface area contributed by atoms with Crippen LogP contribution < -0.4 is 11.1 Å². The van der Waals surface area contributed by atoms with Gasteiger partial charge >= 0.3 is 0 Å². The molecule has 35 heavy (non-hydrogen) atoms. The molecule has 0 fully saturated rings. The van der Waals surface area contributed by atoms with Crippen LogP contribution in [0, 0.1) is 17.5 Å². The van der Waals surface area contributed by atoms with Crippen molar-refractivity contribution < 1.29 is 18.0 Å². The van der Waals surface area contributed by atoms with E-state index in [9.17, 15) is 18.0 Å². The number of carbonyl (C=O) groups is 1. The maximum atomic E-state index is 14.5. The Hall–Kier alpha value is -4.66. The van der Waals surface area contributed by atoms with Crippen LogP contribution in [0.15, 0.2) is 73.2 Å². The first-order valence-electron chi connectivity index (χ1n) is 10.6. The SMILES string of the molecule is CC(=O)Nc1cc(-c2ccc(F)cc2F)cc(-n2cnc3cc(-c4ccc(N)c(F)c4)cnc32)c1. The molecule has 0 bridgehead atoms. The van der Waals surface area contributed by atoms with Crippen LogP contribution in [-0.4, -0.2) is 20.4 Å². The molecule has 174 valence electrons. The lowest BCUT2D eigenvalue weighted by molar-refractivity contribution is -0.114. The molecule has 0 aliphatic rings. The standard InChI is InChI=1S/C26H18F3N5O/c1-14(35)33-19-6-16(21-4-3-18(27)10-22(21)28)7-20(11-19)34-13-32-25-9-17(12-31-26(25)34)15-2-5-24(30)23(29)8-15/h2-13H,30H2,1H3,(H,33,35). The second kappa shape index (κ2) is 8.60. The van der Waals surface area contributed by atoms with E-state index in [1.54, 1.807) is 47.4 Å². The normalized spacial score (nSPS) is 11.1. The molecule has 0 saturated carbocycles. The predicted molar refractivity (Wildman–Crippen MR) is 128 cm³/mol. The molecule has 3 aromatic carbocycles. The van der Waals surface area contributed by atoms with Gasteiger partial charge in [0.15, 0.2) is 5.65 Å². The number of fused-ring (bicyclic) bond motifs is 1. The van der Waals surface area contributed by atoms with E-state index in [-0.39, 0.29) is 17.2 Å². The van der Waals surface area contributed by atoms with Crippen LogP contribution in [0.4, 0.5) is 24.5 Å². The summed E-state index contributed by atoms with van der Waals surface area (Å²) in [6.45, 7) is 1.36. The molecule has 0 atom stereocenters. The third kappa shape index (κ3) is 4.31. The highest BCUT2D eigenvalue weighted by molar-refractivity contribution is 5.90. The summed E-state index contributed by atoms with van der Waals surface area (Å²) < 4.78 is 43.6. The van der Waals surface area contributed by atoms with Gasteiger partial charge in [-0.05, 0) is 59.7 Å². The van der Waals surface area contributed by atoms with Crippen molar-refractivity contribution in [1.29, 1.82) is 0 Å². The summed E-state index contributed by atoms with van der Waals surface area (Å²) in [4.78, 5) is 20.6. The summed E-state index contributed by atoms with van der Waals surface area (Å²) in [6.07, 6.45) is 3.13. The number of nitrogens with two attached hydrogens (primary N) is 1. The van der Waals surface area contributed by atoms with Crippen molar-refractivity contribution in [2.75, 3.05) is 11.1 Å². The molecule has 0 aliphatic carbocycles. The number of benzene rings is 3. The number of hydrogen-bond donors (Lipinski definition) is 2. The smallest absolute Gasteiger partial charge is 0.221 e. The number of rotatable bonds is 4. The number of amides is 1. The van der Waals surface area contributed by atoms with Crippen molar-refractivity contribution in [3.8, 4) is 27.9 Å². The van der Waals surface area contributed by atoms with Gasteiger partial charge in [-0.3, -0.25) is 9.36 Å². The Morgan fingerprint density at radius 3 is 2.46 bits per heavy atom. The number of anilines is 2. The number of nitrogen functional groups attached to an aromatic ring is 1. The summed E-state index contributed by atoms with van der Waals surface area (Å²) in [7, 11) is 0. The molecule has 2 aromatic heterocycles. The molecule has 5 aromatic rings. The highest BCUT2D eigenvalue weighted by atomic mass is 19.1. The number of pyridine rings is 1.